The Morgan fingerprint density at radius 3 is 2.95 bits per heavy atom. The van der Waals surface area contributed by atoms with E-state index in [1.165, 1.54) is 0 Å². The molecule has 1 atom stereocenters. The van der Waals surface area contributed by atoms with E-state index < -0.39 is 5.41 Å². The van der Waals surface area contributed by atoms with Gasteiger partial charge in [0.05, 0.1) is 6.61 Å². The summed E-state index contributed by atoms with van der Waals surface area (Å²) in [6, 6.07) is 0. The number of carbonyl (C=O) groups is 2. The minimum Gasteiger partial charge on any atom is -0.465 e. The maximum absolute atomic E-state index is 12.2. The predicted octanol–water partition coefficient (Wildman–Crippen LogP) is 3.33. The maximum Gasteiger partial charge on any atom is 0.319 e. The molecule has 0 aromatic rings. The van der Waals surface area contributed by atoms with E-state index >= 15 is 0 Å². The third kappa shape index (κ3) is 4.10. The van der Waals surface area contributed by atoms with Gasteiger partial charge in [-0.3, -0.25) is 9.59 Å². The summed E-state index contributed by atoms with van der Waals surface area (Å²) in [5, 5.41) is 3.39. The third-order valence-electron chi connectivity index (χ3n) is 3.61. The molecular weight excluding hydrogens is 258 g/mol. The van der Waals surface area contributed by atoms with Crippen LogP contribution in [0.4, 0.5) is 0 Å². The summed E-state index contributed by atoms with van der Waals surface area (Å²) in [6.45, 7) is 2.33. The molecule has 0 heterocycles. The van der Waals surface area contributed by atoms with Gasteiger partial charge in [-0.2, -0.15) is 0 Å². The lowest BCUT2D eigenvalue weighted by atomic mass is 9.70. The first kappa shape index (κ1) is 16.2. The average molecular weight is 279 g/mol. The van der Waals surface area contributed by atoms with E-state index in [4.69, 9.17) is 10.3 Å². The zero-order chi connectivity index (χ0) is 14.8. The number of allylic oxidation sites excluding steroid dienone is 1. The topological polar surface area (TPSA) is 92.1 Å². The standard InChI is InChI=1S/C14H21N3O3/c1-2-20-13(19)14(10-6-4-8-12(14)18)9-5-3-7-11-16-17-15/h3,7H,2,4-6,8-11H2,1H3/b7-3+. The van der Waals surface area contributed by atoms with Crippen LogP contribution in [0.1, 0.15) is 45.4 Å². The summed E-state index contributed by atoms with van der Waals surface area (Å²) in [5.74, 6) is -0.376. The summed E-state index contributed by atoms with van der Waals surface area (Å²) in [4.78, 5) is 27.0. The Bertz CT molecular complexity index is 427. The summed E-state index contributed by atoms with van der Waals surface area (Å²) < 4.78 is 5.10. The van der Waals surface area contributed by atoms with E-state index in [0.29, 0.717) is 32.3 Å². The number of ether oxygens (including phenoxy) is 1. The Morgan fingerprint density at radius 2 is 2.30 bits per heavy atom. The largest absolute Gasteiger partial charge is 0.465 e. The first-order valence-corrected chi connectivity index (χ1v) is 7.03. The molecule has 0 aromatic carbocycles. The zero-order valence-corrected chi connectivity index (χ0v) is 11.9. The third-order valence-corrected chi connectivity index (χ3v) is 3.61. The molecule has 0 aromatic heterocycles. The van der Waals surface area contributed by atoms with Crippen LogP contribution in [0.25, 0.3) is 10.4 Å². The van der Waals surface area contributed by atoms with Crippen LogP contribution in [0, 0.1) is 5.41 Å². The fourth-order valence-corrected chi connectivity index (χ4v) is 2.55. The number of ketones is 1. The van der Waals surface area contributed by atoms with Crippen LogP contribution in [-0.4, -0.2) is 24.9 Å². The first-order chi connectivity index (χ1) is 9.67. The Kier molecular flexibility index (Phi) is 6.81. The highest BCUT2D eigenvalue weighted by Gasteiger charge is 2.46. The molecule has 1 rings (SSSR count). The van der Waals surface area contributed by atoms with E-state index in [9.17, 15) is 9.59 Å². The Hall–Kier alpha value is -1.81. The highest BCUT2D eigenvalue weighted by molar-refractivity contribution is 6.04. The zero-order valence-electron chi connectivity index (χ0n) is 11.9. The maximum atomic E-state index is 12.2. The van der Waals surface area contributed by atoms with Crippen LogP contribution in [0.2, 0.25) is 0 Å². The van der Waals surface area contributed by atoms with Gasteiger partial charge in [-0.15, -0.1) is 0 Å². The van der Waals surface area contributed by atoms with Crippen LogP contribution in [0.5, 0.6) is 0 Å². The van der Waals surface area contributed by atoms with Crippen LogP contribution in [0.3, 0.4) is 0 Å². The quantitative estimate of drug-likeness (QED) is 0.179. The van der Waals surface area contributed by atoms with Crippen molar-refractivity contribution < 1.29 is 14.3 Å². The average Bonchev–Trinajstić information content (AvgIpc) is 2.45. The van der Waals surface area contributed by atoms with E-state index in [0.717, 1.165) is 12.8 Å². The van der Waals surface area contributed by atoms with Gasteiger partial charge in [0.2, 0.25) is 0 Å². The summed E-state index contributed by atoms with van der Waals surface area (Å²) >= 11 is 0. The molecule has 1 unspecified atom stereocenters. The molecule has 0 spiro atoms. The lowest BCUT2D eigenvalue weighted by Gasteiger charge is -2.33. The lowest BCUT2D eigenvalue weighted by Crippen LogP contribution is -2.42. The van der Waals surface area contributed by atoms with Gasteiger partial charge in [0.25, 0.3) is 0 Å². The van der Waals surface area contributed by atoms with Crippen molar-refractivity contribution in [1.82, 2.24) is 0 Å². The van der Waals surface area contributed by atoms with Gasteiger partial charge in [-0.1, -0.05) is 23.7 Å². The second-order valence-corrected chi connectivity index (χ2v) is 4.86. The van der Waals surface area contributed by atoms with Crippen LogP contribution in [0.15, 0.2) is 17.3 Å². The second kappa shape index (κ2) is 8.38. The fraction of sp³-hybridized carbons (Fsp3) is 0.714. The molecule has 6 nitrogen and oxygen atoms in total. The van der Waals surface area contributed by atoms with Crippen molar-refractivity contribution in [3.8, 4) is 0 Å². The highest BCUT2D eigenvalue weighted by Crippen LogP contribution is 2.38. The molecule has 110 valence electrons. The summed E-state index contributed by atoms with van der Waals surface area (Å²) in [7, 11) is 0. The van der Waals surface area contributed by atoms with Crippen molar-refractivity contribution in [3.63, 3.8) is 0 Å². The van der Waals surface area contributed by atoms with Crippen molar-refractivity contribution in [1.29, 1.82) is 0 Å². The molecule has 0 aliphatic heterocycles. The Labute approximate surface area is 118 Å². The van der Waals surface area contributed by atoms with Crippen LogP contribution in [-0.2, 0) is 14.3 Å². The van der Waals surface area contributed by atoms with Gasteiger partial charge in [0, 0.05) is 17.9 Å². The SMILES string of the molecule is CCOC(=O)C1(CC/C=C/CN=[N+]=[N-])CCCCC1=O. The van der Waals surface area contributed by atoms with Crippen molar-refractivity contribution in [2.24, 2.45) is 10.5 Å². The van der Waals surface area contributed by atoms with Crippen molar-refractivity contribution in [2.45, 2.75) is 45.4 Å². The van der Waals surface area contributed by atoms with Gasteiger partial charge in [-0.25, -0.2) is 0 Å². The lowest BCUT2D eigenvalue weighted by molar-refractivity contribution is -0.162. The number of rotatable bonds is 7. The molecule has 0 amide bonds. The van der Waals surface area contributed by atoms with Crippen LogP contribution < -0.4 is 0 Å². The van der Waals surface area contributed by atoms with Crippen LogP contribution >= 0.6 is 0 Å². The molecular formula is C14H21N3O3. The smallest absolute Gasteiger partial charge is 0.319 e. The fourth-order valence-electron chi connectivity index (χ4n) is 2.55. The minimum absolute atomic E-state index is 0.00523. The highest BCUT2D eigenvalue weighted by atomic mass is 16.5. The molecule has 0 saturated heterocycles. The van der Waals surface area contributed by atoms with Gasteiger partial charge < -0.3 is 4.74 Å². The van der Waals surface area contributed by atoms with E-state index in [2.05, 4.69) is 10.0 Å². The second-order valence-electron chi connectivity index (χ2n) is 4.86. The van der Waals surface area contributed by atoms with Crippen molar-refractivity contribution in [3.05, 3.63) is 22.6 Å². The van der Waals surface area contributed by atoms with E-state index in [-0.39, 0.29) is 18.3 Å². The number of carbonyl (C=O) groups excluding carboxylic acids is 2. The number of esters is 1. The molecule has 1 aliphatic carbocycles. The molecule has 0 N–H and O–H groups in total. The van der Waals surface area contributed by atoms with E-state index in [1.807, 2.05) is 6.08 Å². The Balaban J connectivity index is 2.68. The molecule has 0 bridgehead atoms. The van der Waals surface area contributed by atoms with Gasteiger partial charge in [0.15, 0.2) is 0 Å². The normalized spacial score (nSPS) is 22.6. The monoisotopic (exact) mass is 279 g/mol. The summed E-state index contributed by atoms with van der Waals surface area (Å²) in [6.07, 6.45) is 7.43. The Morgan fingerprint density at radius 1 is 1.50 bits per heavy atom. The minimum atomic E-state index is -0.961. The first-order valence-electron chi connectivity index (χ1n) is 7.03. The number of nitrogens with zero attached hydrogens (tertiary/aromatic N) is 3. The molecule has 0 radical (unpaired) electrons. The summed E-state index contributed by atoms with van der Waals surface area (Å²) in [5.41, 5.74) is 7.19. The molecule has 1 aliphatic rings. The molecule has 20 heavy (non-hydrogen) atoms. The van der Waals surface area contributed by atoms with Gasteiger partial charge in [-0.05, 0) is 38.1 Å². The number of hydrogen-bond acceptors (Lipinski definition) is 4. The molecule has 1 saturated carbocycles. The van der Waals surface area contributed by atoms with Crippen molar-refractivity contribution in [2.75, 3.05) is 13.2 Å². The molecule has 1 fully saturated rings. The van der Waals surface area contributed by atoms with Gasteiger partial charge in [0.1, 0.15) is 11.2 Å². The van der Waals surface area contributed by atoms with E-state index in [1.54, 1.807) is 13.0 Å². The number of azide groups is 1. The predicted molar refractivity (Wildman–Crippen MR) is 74.9 cm³/mol. The number of Topliss-reactive ketones (excluding diaryl/α,β-unsaturated/α-hetero) is 1. The number of hydrogen-bond donors (Lipinski definition) is 0. The molecule has 6 heteroatoms. The van der Waals surface area contributed by atoms with Gasteiger partial charge >= 0.3 is 5.97 Å². The van der Waals surface area contributed by atoms with Crippen molar-refractivity contribution >= 4 is 11.8 Å².